The van der Waals surface area contributed by atoms with Crippen LogP contribution in [0.5, 0.6) is 17.2 Å². The summed E-state index contributed by atoms with van der Waals surface area (Å²) < 4.78 is 16.2. The number of carbonyl (C=O) groups is 1. The maximum Gasteiger partial charge on any atom is 0.337 e. The van der Waals surface area contributed by atoms with Crippen LogP contribution < -0.4 is 19.7 Å². The molecule has 0 unspecified atom stereocenters. The number of nitro groups is 1. The number of allylic oxidation sites excluding steroid dienone is 1. The number of nitrogens with zero attached hydrogens (tertiary/aromatic N) is 2. The molecule has 2 aliphatic heterocycles. The van der Waals surface area contributed by atoms with Gasteiger partial charge in [-0.3, -0.25) is 15.0 Å². The molecule has 0 saturated carbocycles. The van der Waals surface area contributed by atoms with Gasteiger partial charge in [0.05, 0.1) is 29.3 Å². The minimum absolute atomic E-state index is 0.218. The van der Waals surface area contributed by atoms with Gasteiger partial charge in [-0.15, -0.1) is 0 Å². The molecule has 2 aromatic rings. The highest BCUT2D eigenvalue weighted by atomic mass is 32.1. The second kappa shape index (κ2) is 8.35. The van der Waals surface area contributed by atoms with Gasteiger partial charge in [-0.25, -0.2) is 4.79 Å². The first kappa shape index (κ1) is 21.4. The van der Waals surface area contributed by atoms with Crippen molar-refractivity contribution in [3.8, 4) is 17.2 Å². The summed E-state index contributed by atoms with van der Waals surface area (Å²) in [6, 6.07) is 8.37. The zero-order valence-electron chi connectivity index (χ0n) is 17.2. The predicted molar refractivity (Wildman–Crippen MR) is 118 cm³/mol. The first-order valence-electron chi connectivity index (χ1n) is 9.58. The molecule has 0 radical (unpaired) electrons. The van der Waals surface area contributed by atoms with Crippen LogP contribution in [-0.4, -0.2) is 41.4 Å². The summed E-state index contributed by atoms with van der Waals surface area (Å²) in [5, 5.41) is 24.4. The van der Waals surface area contributed by atoms with Crippen molar-refractivity contribution < 1.29 is 29.0 Å². The van der Waals surface area contributed by atoms with Gasteiger partial charge in [-0.05, 0) is 42.9 Å². The first-order valence-corrected chi connectivity index (χ1v) is 9.99. The van der Waals surface area contributed by atoms with Crippen LogP contribution in [0.15, 0.2) is 47.7 Å². The van der Waals surface area contributed by atoms with E-state index in [0.717, 1.165) is 0 Å². The SMILES string of the molecule is COC(=O)C1=C(C)N(c2ccc3c(c2)OCCO3)C(=S)N[C@@H]1c1ccc(O)c([N+](=O)[O-])c1. The zero-order valence-corrected chi connectivity index (χ0v) is 18.0. The van der Waals surface area contributed by atoms with Crippen LogP contribution in [0.4, 0.5) is 11.4 Å². The van der Waals surface area contributed by atoms with Crippen LogP contribution in [-0.2, 0) is 9.53 Å². The Morgan fingerprint density at radius 3 is 2.66 bits per heavy atom. The number of nitro benzene ring substituents is 1. The van der Waals surface area contributed by atoms with Gasteiger partial charge in [0.1, 0.15) is 13.2 Å². The zero-order chi connectivity index (χ0) is 23.0. The lowest BCUT2D eigenvalue weighted by molar-refractivity contribution is -0.385. The summed E-state index contributed by atoms with van der Waals surface area (Å²) >= 11 is 5.58. The number of hydrogen-bond acceptors (Lipinski definition) is 8. The lowest BCUT2D eigenvalue weighted by Gasteiger charge is -2.37. The van der Waals surface area contributed by atoms with E-state index in [1.54, 1.807) is 30.0 Å². The highest BCUT2D eigenvalue weighted by molar-refractivity contribution is 7.80. The second-order valence-corrected chi connectivity index (χ2v) is 7.43. The van der Waals surface area contributed by atoms with E-state index in [9.17, 15) is 20.0 Å². The van der Waals surface area contributed by atoms with E-state index in [4.69, 9.17) is 26.4 Å². The lowest BCUT2D eigenvalue weighted by Crippen LogP contribution is -2.48. The molecule has 2 aliphatic rings. The molecule has 166 valence electrons. The maximum absolute atomic E-state index is 12.7. The number of fused-ring (bicyclic) bond motifs is 1. The molecule has 4 rings (SSSR count). The Bertz CT molecular complexity index is 1160. The number of rotatable bonds is 4. The Balaban J connectivity index is 1.82. The van der Waals surface area contributed by atoms with Gasteiger partial charge in [-0.2, -0.15) is 0 Å². The fraction of sp³-hybridized carbons (Fsp3) is 0.238. The number of nitrogens with one attached hydrogen (secondary N) is 1. The molecular formula is C21H19N3O7S. The van der Waals surface area contributed by atoms with Gasteiger partial charge in [0, 0.05) is 17.8 Å². The number of aromatic hydroxyl groups is 1. The molecule has 0 aromatic heterocycles. The fourth-order valence-corrected chi connectivity index (χ4v) is 4.08. The van der Waals surface area contributed by atoms with Crippen LogP contribution in [0.2, 0.25) is 0 Å². The van der Waals surface area contributed by atoms with Gasteiger partial charge in [0.15, 0.2) is 22.4 Å². The van der Waals surface area contributed by atoms with E-state index in [2.05, 4.69) is 5.32 Å². The third-order valence-electron chi connectivity index (χ3n) is 5.20. The Kier molecular flexibility index (Phi) is 5.57. The molecule has 0 fully saturated rings. The summed E-state index contributed by atoms with van der Waals surface area (Å²) in [5.74, 6) is 0.0661. The van der Waals surface area contributed by atoms with E-state index in [1.165, 1.54) is 25.3 Å². The summed E-state index contributed by atoms with van der Waals surface area (Å²) in [6.45, 7) is 2.59. The first-order chi connectivity index (χ1) is 15.3. The van der Waals surface area contributed by atoms with Crippen molar-refractivity contribution in [1.29, 1.82) is 0 Å². The molecule has 1 atom stereocenters. The molecule has 0 amide bonds. The third kappa shape index (κ3) is 3.66. The number of esters is 1. The van der Waals surface area contributed by atoms with Crippen LogP contribution in [0.1, 0.15) is 18.5 Å². The number of ether oxygens (including phenoxy) is 3. The topological polar surface area (TPSA) is 123 Å². The predicted octanol–water partition coefficient (Wildman–Crippen LogP) is 2.95. The van der Waals surface area contributed by atoms with E-state index < -0.39 is 28.4 Å². The Morgan fingerprint density at radius 2 is 1.97 bits per heavy atom. The molecular weight excluding hydrogens is 438 g/mol. The van der Waals surface area contributed by atoms with Crippen molar-refractivity contribution in [2.45, 2.75) is 13.0 Å². The molecule has 11 heteroatoms. The fourth-order valence-electron chi connectivity index (χ4n) is 3.72. The standard InChI is InChI=1S/C21H19N3O7S/c1-11-18(20(26)29-2)19(12-3-5-15(25)14(9-12)24(27)28)22-21(32)23(11)13-4-6-16-17(10-13)31-8-7-30-16/h3-6,9-10,19,25H,7-8H2,1-2H3,(H,22,32)/t19-/m1/s1. The largest absolute Gasteiger partial charge is 0.502 e. The molecule has 0 bridgehead atoms. The average molecular weight is 457 g/mol. The maximum atomic E-state index is 12.7. The molecule has 2 aromatic carbocycles. The number of thiocarbonyl (C=S) groups is 1. The number of phenolic OH excluding ortho intramolecular Hbond substituents is 1. The molecule has 32 heavy (non-hydrogen) atoms. The molecule has 2 heterocycles. The number of hydrogen-bond donors (Lipinski definition) is 2. The summed E-state index contributed by atoms with van der Waals surface area (Å²) in [7, 11) is 1.25. The second-order valence-electron chi connectivity index (χ2n) is 7.04. The smallest absolute Gasteiger partial charge is 0.337 e. The van der Waals surface area contributed by atoms with Crippen LogP contribution in [0.3, 0.4) is 0 Å². The van der Waals surface area contributed by atoms with Crippen molar-refractivity contribution in [3.63, 3.8) is 0 Å². The number of benzene rings is 2. The lowest BCUT2D eigenvalue weighted by atomic mass is 9.94. The van der Waals surface area contributed by atoms with E-state index >= 15 is 0 Å². The molecule has 0 aliphatic carbocycles. The Hall–Kier alpha value is -3.86. The average Bonchev–Trinajstić information content (AvgIpc) is 2.78. The van der Waals surface area contributed by atoms with Gasteiger partial charge >= 0.3 is 11.7 Å². The Labute approximate surface area is 188 Å². The molecule has 0 spiro atoms. The number of phenols is 1. The number of carbonyl (C=O) groups excluding carboxylic acids is 1. The van der Waals surface area contributed by atoms with E-state index in [0.29, 0.717) is 41.7 Å². The number of methoxy groups -OCH3 is 1. The van der Waals surface area contributed by atoms with E-state index in [1.807, 2.05) is 0 Å². The minimum atomic E-state index is -0.817. The normalized spacial score (nSPS) is 17.6. The van der Waals surface area contributed by atoms with Gasteiger partial charge in [-0.1, -0.05) is 6.07 Å². The van der Waals surface area contributed by atoms with Crippen LogP contribution in [0, 0.1) is 10.1 Å². The highest BCUT2D eigenvalue weighted by Gasteiger charge is 2.36. The highest BCUT2D eigenvalue weighted by Crippen LogP contribution is 2.40. The monoisotopic (exact) mass is 457 g/mol. The van der Waals surface area contributed by atoms with Gasteiger partial charge in [0.25, 0.3) is 0 Å². The van der Waals surface area contributed by atoms with Crippen molar-refractivity contribution in [3.05, 3.63) is 63.3 Å². The molecule has 0 saturated heterocycles. The Morgan fingerprint density at radius 1 is 1.25 bits per heavy atom. The van der Waals surface area contributed by atoms with Crippen LogP contribution >= 0.6 is 12.2 Å². The van der Waals surface area contributed by atoms with Crippen molar-refractivity contribution in [1.82, 2.24) is 5.32 Å². The van der Waals surface area contributed by atoms with Crippen molar-refractivity contribution in [2.24, 2.45) is 0 Å². The summed E-state index contributed by atoms with van der Waals surface area (Å²) in [4.78, 5) is 25.0. The van der Waals surface area contributed by atoms with Crippen LogP contribution in [0.25, 0.3) is 0 Å². The summed E-state index contributed by atoms with van der Waals surface area (Å²) in [6.07, 6.45) is 0. The number of anilines is 1. The van der Waals surface area contributed by atoms with Gasteiger partial charge < -0.3 is 24.6 Å². The minimum Gasteiger partial charge on any atom is -0.502 e. The molecule has 2 N–H and O–H groups in total. The van der Waals surface area contributed by atoms with Crippen molar-refractivity contribution in [2.75, 3.05) is 25.2 Å². The van der Waals surface area contributed by atoms with Gasteiger partial charge in [0.2, 0.25) is 0 Å². The van der Waals surface area contributed by atoms with E-state index in [-0.39, 0.29) is 10.7 Å². The quantitative estimate of drug-likeness (QED) is 0.306. The molecule has 10 nitrogen and oxygen atoms in total. The van der Waals surface area contributed by atoms with Crippen molar-refractivity contribution >= 4 is 34.7 Å². The summed E-state index contributed by atoms with van der Waals surface area (Å²) in [5.41, 5.74) is 1.24. The third-order valence-corrected chi connectivity index (χ3v) is 5.50.